The molecule has 0 aromatic rings. The van der Waals surface area contributed by atoms with E-state index in [-0.39, 0.29) is 11.9 Å². The molecule has 0 aromatic heterocycles. The number of rotatable bonds is 2. The average molecular weight is 320 g/mol. The molecule has 0 aromatic carbocycles. The number of aliphatic imine (C=N–C) groups is 1. The summed E-state index contributed by atoms with van der Waals surface area (Å²) >= 11 is 0. The van der Waals surface area contributed by atoms with E-state index in [1.54, 1.807) is 14.1 Å². The second-order valence-corrected chi connectivity index (χ2v) is 7.01. The molecule has 0 bridgehead atoms. The molecule has 23 heavy (non-hydrogen) atoms. The predicted molar refractivity (Wildman–Crippen MR) is 87.5 cm³/mol. The number of guanidine groups is 1. The lowest BCUT2D eigenvalue weighted by molar-refractivity contribution is -0.542. The van der Waals surface area contributed by atoms with Crippen molar-refractivity contribution in [3.8, 4) is 0 Å². The number of amides is 3. The van der Waals surface area contributed by atoms with Crippen molar-refractivity contribution in [2.24, 2.45) is 10.9 Å². The highest BCUT2D eigenvalue weighted by atomic mass is 16.2. The highest BCUT2D eigenvalue weighted by Crippen LogP contribution is 2.24. The fourth-order valence-electron chi connectivity index (χ4n) is 3.51. The van der Waals surface area contributed by atoms with Gasteiger partial charge in [-0.25, -0.2) is 9.69 Å². The fraction of sp³-hybridized carbons (Fsp3) is 0.750. The van der Waals surface area contributed by atoms with Gasteiger partial charge in [-0.3, -0.25) is 19.2 Å². The molecule has 3 aliphatic heterocycles. The molecular formula is C16H26N5O2+. The van der Waals surface area contributed by atoms with Crippen molar-refractivity contribution >= 4 is 23.7 Å². The second-order valence-electron chi connectivity index (χ2n) is 7.01. The van der Waals surface area contributed by atoms with Crippen LogP contribution < -0.4 is 0 Å². The highest BCUT2D eigenvalue weighted by Gasteiger charge is 2.55. The van der Waals surface area contributed by atoms with Crippen molar-refractivity contribution in [1.29, 1.82) is 0 Å². The first-order valence-corrected chi connectivity index (χ1v) is 8.44. The Morgan fingerprint density at radius 2 is 1.78 bits per heavy atom. The maximum atomic E-state index is 12.7. The zero-order valence-electron chi connectivity index (χ0n) is 14.4. The summed E-state index contributed by atoms with van der Waals surface area (Å²) < 4.78 is 2.27. The van der Waals surface area contributed by atoms with Crippen LogP contribution in [0.1, 0.15) is 33.1 Å². The first kappa shape index (κ1) is 16.0. The standard InChI is InChI=1S/C16H26N5O2/c1-11(2)10-21-12-13(18(3)16(23)19(4)14(12)22)17-15(21)20-8-6-5-7-9-20/h11-12H,5-10H2,1-4H3/q+1. The molecule has 1 unspecified atom stereocenters. The Morgan fingerprint density at radius 3 is 2.39 bits per heavy atom. The smallest absolute Gasteiger partial charge is 0.270 e. The first-order valence-electron chi connectivity index (χ1n) is 8.44. The Morgan fingerprint density at radius 1 is 1.13 bits per heavy atom. The van der Waals surface area contributed by atoms with Crippen LogP contribution in [-0.2, 0) is 4.79 Å². The molecule has 7 nitrogen and oxygen atoms in total. The molecule has 1 atom stereocenters. The van der Waals surface area contributed by atoms with E-state index in [1.165, 1.54) is 16.2 Å². The lowest BCUT2D eigenvalue weighted by Crippen LogP contribution is -2.63. The summed E-state index contributed by atoms with van der Waals surface area (Å²) in [5.41, 5.74) is 0. The van der Waals surface area contributed by atoms with Crippen LogP contribution >= 0.6 is 0 Å². The molecule has 0 N–H and O–H groups in total. The molecule has 3 aliphatic rings. The number of fused-ring (bicyclic) bond motifs is 1. The van der Waals surface area contributed by atoms with Crippen LogP contribution in [0.5, 0.6) is 0 Å². The van der Waals surface area contributed by atoms with Crippen LogP contribution in [0.25, 0.3) is 0 Å². The summed E-state index contributed by atoms with van der Waals surface area (Å²) in [5.74, 6) is 1.66. The summed E-state index contributed by atoms with van der Waals surface area (Å²) in [4.78, 5) is 34.4. The Labute approximate surface area is 137 Å². The highest BCUT2D eigenvalue weighted by molar-refractivity contribution is 6.25. The van der Waals surface area contributed by atoms with Gasteiger partial charge in [0.1, 0.15) is 0 Å². The van der Waals surface area contributed by atoms with Crippen molar-refractivity contribution in [3.05, 3.63) is 0 Å². The van der Waals surface area contributed by atoms with Crippen LogP contribution in [0.3, 0.4) is 0 Å². The van der Waals surface area contributed by atoms with Crippen molar-refractivity contribution in [3.63, 3.8) is 0 Å². The molecule has 0 saturated carbocycles. The van der Waals surface area contributed by atoms with E-state index >= 15 is 0 Å². The average Bonchev–Trinajstić information content (AvgIpc) is 2.90. The first-order chi connectivity index (χ1) is 10.9. The molecule has 2 fully saturated rings. The normalized spacial score (nSPS) is 25.5. The van der Waals surface area contributed by atoms with Gasteiger partial charge in [0.25, 0.3) is 5.91 Å². The molecule has 0 aliphatic carbocycles. The zero-order valence-corrected chi connectivity index (χ0v) is 14.4. The quantitative estimate of drug-likeness (QED) is 0.707. The van der Waals surface area contributed by atoms with Crippen LogP contribution in [-0.4, -0.2) is 82.8 Å². The maximum absolute atomic E-state index is 12.7. The van der Waals surface area contributed by atoms with Gasteiger partial charge in [0.05, 0.1) is 19.6 Å². The third-order valence-corrected chi connectivity index (χ3v) is 4.71. The Balaban J connectivity index is 2.04. The van der Waals surface area contributed by atoms with Gasteiger partial charge in [0.15, 0.2) is 0 Å². The van der Waals surface area contributed by atoms with Gasteiger partial charge in [-0.2, -0.15) is 0 Å². The minimum Gasteiger partial charge on any atom is -0.270 e. The number of hydrogen-bond donors (Lipinski definition) is 0. The minimum atomic E-state index is -0.470. The number of carbonyl (C=O) groups is 2. The monoisotopic (exact) mass is 320 g/mol. The largest absolute Gasteiger partial charge is 0.392 e. The van der Waals surface area contributed by atoms with Crippen molar-refractivity contribution in [2.75, 3.05) is 33.7 Å². The number of amidine groups is 1. The number of piperidine rings is 1. The number of imide groups is 1. The number of urea groups is 1. The van der Waals surface area contributed by atoms with E-state index in [0.717, 1.165) is 38.4 Å². The minimum absolute atomic E-state index is 0.181. The fourth-order valence-corrected chi connectivity index (χ4v) is 3.51. The van der Waals surface area contributed by atoms with Gasteiger partial charge < -0.3 is 0 Å². The SMILES string of the molecule is CC(C)CN1C(=[N+]2CCCCC2)N=C2C1C(=O)N(C)C(=O)N2C. The second kappa shape index (κ2) is 5.94. The number of likely N-dealkylation sites (N-methyl/N-ethyl adjacent to an activating group) is 2. The van der Waals surface area contributed by atoms with Crippen molar-refractivity contribution < 1.29 is 14.2 Å². The van der Waals surface area contributed by atoms with Gasteiger partial charge in [-0.15, -0.1) is 0 Å². The molecular weight excluding hydrogens is 294 g/mol. The van der Waals surface area contributed by atoms with Gasteiger partial charge in [-0.05, 0) is 25.2 Å². The molecule has 0 spiro atoms. The number of carbonyl (C=O) groups excluding carboxylic acids is 2. The summed E-state index contributed by atoms with van der Waals surface area (Å²) in [5, 5.41) is 0. The van der Waals surface area contributed by atoms with E-state index in [0.29, 0.717) is 11.8 Å². The van der Waals surface area contributed by atoms with Gasteiger partial charge in [-0.1, -0.05) is 18.8 Å². The molecule has 0 radical (unpaired) electrons. The lowest BCUT2D eigenvalue weighted by atomic mass is 10.1. The Bertz CT molecular complexity index is 587. The van der Waals surface area contributed by atoms with E-state index in [9.17, 15) is 9.59 Å². The molecule has 2 saturated heterocycles. The molecule has 3 amide bonds. The van der Waals surface area contributed by atoms with Gasteiger partial charge >= 0.3 is 12.0 Å². The van der Waals surface area contributed by atoms with E-state index in [1.807, 2.05) is 0 Å². The van der Waals surface area contributed by atoms with E-state index < -0.39 is 6.04 Å². The van der Waals surface area contributed by atoms with Crippen LogP contribution in [0, 0.1) is 5.92 Å². The third kappa shape index (κ3) is 2.62. The van der Waals surface area contributed by atoms with Gasteiger partial charge in [0, 0.05) is 14.1 Å². The third-order valence-electron chi connectivity index (χ3n) is 4.71. The van der Waals surface area contributed by atoms with Gasteiger partial charge in [0.2, 0.25) is 11.9 Å². The molecule has 126 valence electrons. The number of hydrogen-bond acceptors (Lipinski definition) is 2. The molecule has 3 heterocycles. The zero-order chi connectivity index (χ0) is 16.7. The van der Waals surface area contributed by atoms with Crippen LogP contribution in [0.2, 0.25) is 0 Å². The lowest BCUT2D eigenvalue weighted by Gasteiger charge is -2.33. The predicted octanol–water partition coefficient (Wildman–Crippen LogP) is 0.801. The van der Waals surface area contributed by atoms with E-state index in [4.69, 9.17) is 4.99 Å². The summed E-state index contributed by atoms with van der Waals surface area (Å²) in [6.45, 7) is 6.96. The number of nitrogens with zero attached hydrogens (tertiary/aromatic N) is 5. The maximum Gasteiger partial charge on any atom is 0.392 e. The molecule has 3 rings (SSSR count). The topological polar surface area (TPSA) is 59.2 Å². The Kier molecular flexibility index (Phi) is 4.12. The van der Waals surface area contributed by atoms with Crippen LogP contribution in [0.15, 0.2) is 4.99 Å². The van der Waals surface area contributed by atoms with Crippen LogP contribution in [0.4, 0.5) is 4.79 Å². The van der Waals surface area contributed by atoms with Crippen molar-refractivity contribution in [1.82, 2.24) is 14.7 Å². The van der Waals surface area contributed by atoms with Crippen molar-refractivity contribution in [2.45, 2.75) is 39.2 Å². The van der Waals surface area contributed by atoms with E-state index in [2.05, 4.69) is 23.3 Å². The summed E-state index contributed by atoms with van der Waals surface area (Å²) in [7, 11) is 3.24. The molecule has 7 heteroatoms. The summed E-state index contributed by atoms with van der Waals surface area (Å²) in [6.07, 6.45) is 3.54. The summed E-state index contributed by atoms with van der Waals surface area (Å²) in [6, 6.07) is -0.781. The Hall–Kier alpha value is -1.92.